The van der Waals surface area contributed by atoms with E-state index < -0.39 is 6.10 Å². The molecule has 20 heavy (non-hydrogen) atoms. The van der Waals surface area contributed by atoms with Gasteiger partial charge in [0.2, 0.25) is 0 Å². The van der Waals surface area contributed by atoms with Crippen LogP contribution >= 0.6 is 0 Å². The number of hydrogen-bond donors (Lipinski definition) is 1. The van der Waals surface area contributed by atoms with E-state index in [0.717, 1.165) is 33.3 Å². The molecule has 1 aromatic heterocycles. The number of pyridine rings is 1. The molecule has 3 rings (SSSR count). The second kappa shape index (κ2) is 5.06. The van der Waals surface area contributed by atoms with Crippen LogP contribution in [-0.4, -0.2) is 10.1 Å². The standard InChI is InChI=1S/C18H17NO/c1-12-7-6-10-15-11-16(13(2)20)18(19-17(12)15)14-8-4-3-5-9-14/h3-11,13,20H,1-2H3/t13-/m0/s1. The van der Waals surface area contributed by atoms with Gasteiger partial charge in [-0.3, -0.25) is 0 Å². The van der Waals surface area contributed by atoms with Crippen molar-refractivity contribution >= 4 is 10.9 Å². The third kappa shape index (κ3) is 2.19. The van der Waals surface area contributed by atoms with Crippen molar-refractivity contribution in [2.45, 2.75) is 20.0 Å². The fourth-order valence-corrected chi connectivity index (χ4v) is 2.51. The minimum atomic E-state index is -0.539. The van der Waals surface area contributed by atoms with Gasteiger partial charge >= 0.3 is 0 Å². The van der Waals surface area contributed by atoms with Crippen molar-refractivity contribution in [3.63, 3.8) is 0 Å². The zero-order chi connectivity index (χ0) is 14.1. The lowest BCUT2D eigenvalue weighted by Crippen LogP contribution is -1.99. The van der Waals surface area contributed by atoms with Gasteiger partial charge in [0.15, 0.2) is 0 Å². The first kappa shape index (κ1) is 12.8. The van der Waals surface area contributed by atoms with Gasteiger partial charge < -0.3 is 5.11 Å². The summed E-state index contributed by atoms with van der Waals surface area (Å²) in [6.07, 6.45) is -0.539. The van der Waals surface area contributed by atoms with Gasteiger partial charge in [0.05, 0.1) is 17.3 Å². The molecule has 1 atom stereocenters. The maximum Gasteiger partial charge on any atom is 0.0783 e. The normalized spacial score (nSPS) is 12.6. The molecule has 0 unspecified atom stereocenters. The second-order valence-corrected chi connectivity index (χ2v) is 5.11. The van der Waals surface area contributed by atoms with Crippen LogP contribution in [0, 0.1) is 6.92 Å². The molecule has 1 N–H and O–H groups in total. The summed E-state index contributed by atoms with van der Waals surface area (Å²) in [6.45, 7) is 3.84. The summed E-state index contributed by atoms with van der Waals surface area (Å²) < 4.78 is 0. The molecule has 0 bridgehead atoms. The Morgan fingerprint density at radius 3 is 2.45 bits per heavy atom. The maximum absolute atomic E-state index is 10.1. The lowest BCUT2D eigenvalue weighted by atomic mass is 9.99. The summed E-state index contributed by atoms with van der Waals surface area (Å²) in [4.78, 5) is 4.81. The van der Waals surface area contributed by atoms with Crippen LogP contribution in [0.1, 0.15) is 24.2 Å². The molecule has 2 nitrogen and oxygen atoms in total. The van der Waals surface area contributed by atoms with Gasteiger partial charge in [0.1, 0.15) is 0 Å². The molecule has 0 aliphatic carbocycles. The third-order valence-corrected chi connectivity index (χ3v) is 3.57. The smallest absolute Gasteiger partial charge is 0.0783 e. The number of fused-ring (bicyclic) bond motifs is 1. The number of aromatic nitrogens is 1. The SMILES string of the molecule is Cc1cccc2cc([C@H](C)O)c(-c3ccccc3)nc12. The van der Waals surface area contributed by atoms with Crippen LogP contribution in [0.5, 0.6) is 0 Å². The summed E-state index contributed by atoms with van der Waals surface area (Å²) in [7, 11) is 0. The first-order chi connectivity index (χ1) is 9.66. The summed E-state index contributed by atoms with van der Waals surface area (Å²) >= 11 is 0. The molecule has 2 heteroatoms. The van der Waals surface area contributed by atoms with E-state index in [1.165, 1.54) is 0 Å². The third-order valence-electron chi connectivity index (χ3n) is 3.57. The van der Waals surface area contributed by atoms with E-state index >= 15 is 0 Å². The zero-order valence-corrected chi connectivity index (χ0v) is 11.7. The van der Waals surface area contributed by atoms with Crippen molar-refractivity contribution in [2.75, 3.05) is 0 Å². The van der Waals surface area contributed by atoms with Crippen molar-refractivity contribution in [3.05, 3.63) is 65.7 Å². The Morgan fingerprint density at radius 1 is 1.00 bits per heavy atom. The Kier molecular flexibility index (Phi) is 3.25. The van der Waals surface area contributed by atoms with Crippen LogP contribution < -0.4 is 0 Å². The first-order valence-electron chi connectivity index (χ1n) is 6.80. The molecular formula is C18H17NO. The summed E-state index contributed by atoms with van der Waals surface area (Å²) in [5, 5.41) is 11.1. The molecule has 0 fully saturated rings. The first-order valence-corrected chi connectivity index (χ1v) is 6.80. The minimum Gasteiger partial charge on any atom is -0.389 e. The number of aliphatic hydroxyl groups is 1. The van der Waals surface area contributed by atoms with E-state index in [9.17, 15) is 5.11 Å². The van der Waals surface area contributed by atoms with Crippen LogP contribution in [0.2, 0.25) is 0 Å². The van der Waals surface area contributed by atoms with Crippen LogP contribution in [-0.2, 0) is 0 Å². The van der Waals surface area contributed by atoms with Gasteiger partial charge in [-0.25, -0.2) is 4.98 Å². The summed E-state index contributed by atoms with van der Waals surface area (Å²) in [5.74, 6) is 0. The van der Waals surface area contributed by atoms with Gasteiger partial charge in [-0.05, 0) is 25.5 Å². The van der Waals surface area contributed by atoms with Gasteiger partial charge in [-0.2, -0.15) is 0 Å². The van der Waals surface area contributed by atoms with Crippen LogP contribution in [0.4, 0.5) is 0 Å². The lowest BCUT2D eigenvalue weighted by Gasteiger charge is -2.14. The largest absolute Gasteiger partial charge is 0.389 e. The van der Waals surface area contributed by atoms with E-state index in [0.29, 0.717) is 0 Å². The molecular weight excluding hydrogens is 246 g/mol. The second-order valence-electron chi connectivity index (χ2n) is 5.11. The molecule has 0 amide bonds. The van der Waals surface area contributed by atoms with E-state index in [4.69, 9.17) is 4.98 Å². The number of nitrogens with zero attached hydrogens (tertiary/aromatic N) is 1. The van der Waals surface area contributed by atoms with E-state index in [1.807, 2.05) is 48.5 Å². The summed E-state index contributed by atoms with van der Waals surface area (Å²) in [5.41, 5.74) is 4.91. The highest BCUT2D eigenvalue weighted by molar-refractivity contribution is 5.86. The monoisotopic (exact) mass is 263 g/mol. The fourth-order valence-electron chi connectivity index (χ4n) is 2.51. The topological polar surface area (TPSA) is 33.1 Å². The predicted octanol–water partition coefficient (Wildman–Crippen LogP) is 4.26. The van der Waals surface area contributed by atoms with Gasteiger partial charge in [0.25, 0.3) is 0 Å². The van der Waals surface area contributed by atoms with Crippen LogP contribution in [0.15, 0.2) is 54.6 Å². The van der Waals surface area contributed by atoms with Gasteiger partial charge in [-0.1, -0.05) is 48.5 Å². The van der Waals surface area contributed by atoms with Crippen LogP contribution in [0.3, 0.4) is 0 Å². The Labute approximate surface area is 118 Å². The van der Waals surface area contributed by atoms with Crippen molar-refractivity contribution < 1.29 is 5.11 Å². The molecule has 1 heterocycles. The zero-order valence-electron chi connectivity index (χ0n) is 11.7. The number of aryl methyl sites for hydroxylation is 1. The number of aliphatic hydroxyl groups excluding tert-OH is 1. The Morgan fingerprint density at radius 2 is 1.75 bits per heavy atom. The van der Waals surface area contributed by atoms with Crippen molar-refractivity contribution in [2.24, 2.45) is 0 Å². The highest BCUT2D eigenvalue weighted by Crippen LogP contribution is 2.30. The molecule has 0 radical (unpaired) electrons. The number of hydrogen-bond acceptors (Lipinski definition) is 2. The van der Waals surface area contributed by atoms with Crippen molar-refractivity contribution in [3.8, 4) is 11.3 Å². The van der Waals surface area contributed by atoms with E-state index in [2.05, 4.69) is 13.0 Å². The molecule has 0 aliphatic rings. The van der Waals surface area contributed by atoms with E-state index in [1.54, 1.807) is 6.92 Å². The average Bonchev–Trinajstić information content (AvgIpc) is 2.47. The number of rotatable bonds is 2. The molecule has 0 saturated carbocycles. The molecule has 3 aromatic rings. The summed E-state index contributed by atoms with van der Waals surface area (Å²) in [6, 6.07) is 18.2. The Hall–Kier alpha value is -2.19. The minimum absolute atomic E-state index is 0.539. The van der Waals surface area contributed by atoms with Crippen molar-refractivity contribution in [1.82, 2.24) is 4.98 Å². The fraction of sp³-hybridized carbons (Fsp3) is 0.167. The predicted molar refractivity (Wildman–Crippen MR) is 82.5 cm³/mol. The molecule has 0 aliphatic heterocycles. The Balaban J connectivity index is 2.34. The lowest BCUT2D eigenvalue weighted by molar-refractivity contribution is 0.199. The molecule has 2 aromatic carbocycles. The van der Waals surface area contributed by atoms with Crippen LogP contribution in [0.25, 0.3) is 22.2 Å². The number of para-hydroxylation sites is 1. The Bertz CT molecular complexity index is 748. The highest BCUT2D eigenvalue weighted by atomic mass is 16.3. The van der Waals surface area contributed by atoms with Gasteiger partial charge in [-0.15, -0.1) is 0 Å². The van der Waals surface area contributed by atoms with E-state index in [-0.39, 0.29) is 0 Å². The molecule has 0 spiro atoms. The maximum atomic E-state index is 10.1. The average molecular weight is 263 g/mol. The number of benzene rings is 2. The molecule has 100 valence electrons. The van der Waals surface area contributed by atoms with Gasteiger partial charge in [0, 0.05) is 16.5 Å². The van der Waals surface area contributed by atoms with Crippen molar-refractivity contribution in [1.29, 1.82) is 0 Å². The quantitative estimate of drug-likeness (QED) is 0.749. The highest BCUT2D eigenvalue weighted by Gasteiger charge is 2.13. The molecule has 0 saturated heterocycles.